The molecule has 1 aromatic heterocycles. The number of piperidine rings is 1. The van der Waals surface area contributed by atoms with Crippen LogP contribution in [0.2, 0.25) is 0 Å². The van der Waals surface area contributed by atoms with E-state index in [1.165, 1.54) is 0 Å². The first-order chi connectivity index (χ1) is 11.8. The number of fused-ring (bicyclic) bond motifs is 1. The van der Waals surface area contributed by atoms with Gasteiger partial charge in [-0.1, -0.05) is 12.1 Å². The van der Waals surface area contributed by atoms with Crippen LogP contribution in [0.3, 0.4) is 0 Å². The largest absolute Gasteiger partial charge is 0.444 e. The van der Waals surface area contributed by atoms with Crippen molar-refractivity contribution < 1.29 is 9.53 Å². The molecule has 3 rings (SSSR count). The van der Waals surface area contributed by atoms with Gasteiger partial charge in [0.05, 0.1) is 11.0 Å². The number of nitrogens with two attached hydrogens (primary N) is 1. The topological polar surface area (TPSA) is 93.4 Å². The average Bonchev–Trinajstić information content (AvgIpc) is 2.54. The average molecular weight is 343 g/mol. The summed E-state index contributed by atoms with van der Waals surface area (Å²) in [5.74, 6) is 0.933. The number of amides is 1. The number of carbonyl (C=O) groups is 1. The van der Waals surface area contributed by atoms with Crippen molar-refractivity contribution in [3.8, 4) is 0 Å². The molecule has 1 atom stereocenters. The minimum absolute atomic E-state index is 0.0685. The highest BCUT2D eigenvalue weighted by molar-refractivity contribution is 5.79. The summed E-state index contributed by atoms with van der Waals surface area (Å²) in [5.41, 5.74) is 7.10. The molecular weight excluding hydrogens is 318 g/mol. The lowest BCUT2D eigenvalue weighted by Crippen LogP contribution is -2.47. The number of para-hydroxylation sites is 2. The van der Waals surface area contributed by atoms with E-state index < -0.39 is 5.60 Å². The zero-order valence-electron chi connectivity index (χ0n) is 15.0. The number of ether oxygens (including phenoxy) is 1. The third-order valence-electron chi connectivity index (χ3n) is 4.01. The van der Waals surface area contributed by atoms with Gasteiger partial charge in [-0.15, -0.1) is 0 Å². The molecule has 0 aliphatic carbocycles. The molecule has 0 spiro atoms. The van der Waals surface area contributed by atoms with Gasteiger partial charge in [0.15, 0.2) is 11.6 Å². The van der Waals surface area contributed by atoms with Crippen LogP contribution in [0.15, 0.2) is 24.3 Å². The predicted molar refractivity (Wildman–Crippen MR) is 98.4 cm³/mol. The quantitative estimate of drug-likeness (QED) is 0.870. The fourth-order valence-electron chi connectivity index (χ4n) is 2.90. The van der Waals surface area contributed by atoms with Gasteiger partial charge in [-0.25, -0.2) is 14.8 Å². The van der Waals surface area contributed by atoms with E-state index in [0.717, 1.165) is 23.9 Å². The maximum atomic E-state index is 12.3. The van der Waals surface area contributed by atoms with E-state index in [-0.39, 0.29) is 12.1 Å². The van der Waals surface area contributed by atoms with E-state index in [0.29, 0.717) is 24.7 Å². The second-order valence-corrected chi connectivity index (χ2v) is 7.36. The van der Waals surface area contributed by atoms with Gasteiger partial charge in [-0.2, -0.15) is 0 Å². The summed E-state index contributed by atoms with van der Waals surface area (Å²) in [6.07, 6.45) is 1.56. The lowest BCUT2D eigenvalue weighted by atomic mass is 10.1. The SMILES string of the molecule is CC(C)(C)OC(=O)N1CCC[C@H](Nc2nc3ccccc3nc2N)C1. The summed E-state index contributed by atoms with van der Waals surface area (Å²) >= 11 is 0. The summed E-state index contributed by atoms with van der Waals surface area (Å²) in [4.78, 5) is 23.0. The van der Waals surface area contributed by atoms with E-state index in [2.05, 4.69) is 15.3 Å². The predicted octanol–water partition coefficient (Wildman–Crippen LogP) is 3.02. The molecule has 134 valence electrons. The Bertz CT molecular complexity index is 772. The van der Waals surface area contributed by atoms with Gasteiger partial charge in [0, 0.05) is 19.1 Å². The minimum Gasteiger partial charge on any atom is -0.444 e. The first-order valence-corrected chi connectivity index (χ1v) is 8.58. The third-order valence-corrected chi connectivity index (χ3v) is 4.01. The van der Waals surface area contributed by atoms with E-state index in [1.54, 1.807) is 4.90 Å². The van der Waals surface area contributed by atoms with E-state index >= 15 is 0 Å². The maximum absolute atomic E-state index is 12.3. The molecule has 2 heterocycles. The molecule has 1 aromatic carbocycles. The zero-order chi connectivity index (χ0) is 18.0. The van der Waals surface area contributed by atoms with Gasteiger partial charge in [0.2, 0.25) is 0 Å². The molecule has 3 N–H and O–H groups in total. The van der Waals surface area contributed by atoms with Crippen molar-refractivity contribution in [1.29, 1.82) is 0 Å². The summed E-state index contributed by atoms with van der Waals surface area (Å²) in [7, 11) is 0. The molecule has 25 heavy (non-hydrogen) atoms. The number of carbonyl (C=O) groups excluding carboxylic acids is 1. The van der Waals surface area contributed by atoms with Crippen LogP contribution in [0.25, 0.3) is 11.0 Å². The van der Waals surface area contributed by atoms with Crippen LogP contribution >= 0.6 is 0 Å². The van der Waals surface area contributed by atoms with Crippen LogP contribution in [-0.4, -0.2) is 45.7 Å². The van der Waals surface area contributed by atoms with Gasteiger partial charge in [-0.05, 0) is 45.7 Å². The summed E-state index contributed by atoms with van der Waals surface area (Å²) in [5, 5.41) is 3.34. The van der Waals surface area contributed by atoms with Gasteiger partial charge < -0.3 is 20.7 Å². The molecule has 7 nitrogen and oxygen atoms in total. The minimum atomic E-state index is -0.494. The highest BCUT2D eigenvalue weighted by atomic mass is 16.6. The van der Waals surface area contributed by atoms with Crippen molar-refractivity contribution in [2.24, 2.45) is 0 Å². The first-order valence-electron chi connectivity index (χ1n) is 8.58. The maximum Gasteiger partial charge on any atom is 0.410 e. The molecular formula is C18H25N5O2. The van der Waals surface area contributed by atoms with Crippen molar-refractivity contribution in [2.75, 3.05) is 24.1 Å². The molecule has 0 radical (unpaired) electrons. The number of rotatable bonds is 2. The van der Waals surface area contributed by atoms with Crippen molar-refractivity contribution in [2.45, 2.75) is 45.3 Å². The fourth-order valence-corrected chi connectivity index (χ4v) is 2.90. The van der Waals surface area contributed by atoms with Crippen LogP contribution in [0.5, 0.6) is 0 Å². The van der Waals surface area contributed by atoms with Crippen molar-refractivity contribution in [1.82, 2.24) is 14.9 Å². The molecule has 0 saturated carbocycles. The lowest BCUT2D eigenvalue weighted by Gasteiger charge is -2.34. The molecule has 1 amide bonds. The number of hydrogen-bond acceptors (Lipinski definition) is 6. The van der Waals surface area contributed by atoms with Gasteiger partial charge in [0.25, 0.3) is 0 Å². The molecule has 1 saturated heterocycles. The zero-order valence-corrected chi connectivity index (χ0v) is 15.0. The Morgan fingerprint density at radius 3 is 2.64 bits per heavy atom. The van der Waals surface area contributed by atoms with Crippen molar-refractivity contribution in [3.63, 3.8) is 0 Å². The van der Waals surface area contributed by atoms with Crippen LogP contribution in [0.1, 0.15) is 33.6 Å². The van der Waals surface area contributed by atoms with Crippen LogP contribution in [0.4, 0.5) is 16.4 Å². The highest BCUT2D eigenvalue weighted by Gasteiger charge is 2.28. The Hall–Kier alpha value is -2.57. The lowest BCUT2D eigenvalue weighted by molar-refractivity contribution is 0.0206. The summed E-state index contributed by atoms with van der Waals surface area (Å²) < 4.78 is 5.46. The Kier molecular flexibility index (Phi) is 4.65. The highest BCUT2D eigenvalue weighted by Crippen LogP contribution is 2.22. The van der Waals surface area contributed by atoms with E-state index in [1.807, 2.05) is 45.0 Å². The van der Waals surface area contributed by atoms with Crippen LogP contribution in [0, 0.1) is 0 Å². The molecule has 1 aliphatic heterocycles. The van der Waals surface area contributed by atoms with Gasteiger partial charge in [-0.3, -0.25) is 0 Å². The van der Waals surface area contributed by atoms with Gasteiger partial charge in [0.1, 0.15) is 5.60 Å². The van der Waals surface area contributed by atoms with Crippen molar-refractivity contribution in [3.05, 3.63) is 24.3 Å². The number of nitrogens with one attached hydrogen (secondary N) is 1. The number of likely N-dealkylation sites (tertiary alicyclic amines) is 1. The van der Waals surface area contributed by atoms with Crippen molar-refractivity contribution >= 4 is 28.8 Å². The monoisotopic (exact) mass is 343 g/mol. The number of nitrogens with zero attached hydrogens (tertiary/aromatic N) is 3. The Balaban J connectivity index is 1.70. The Morgan fingerprint density at radius 1 is 1.28 bits per heavy atom. The number of aromatic nitrogens is 2. The Labute approximate surface area is 147 Å². The summed E-state index contributed by atoms with van der Waals surface area (Å²) in [6, 6.07) is 7.68. The second kappa shape index (κ2) is 6.74. The summed E-state index contributed by atoms with van der Waals surface area (Å²) in [6.45, 7) is 6.87. The van der Waals surface area contributed by atoms with Crippen LogP contribution in [-0.2, 0) is 4.74 Å². The third kappa shape index (κ3) is 4.29. The fraction of sp³-hybridized carbons (Fsp3) is 0.500. The Morgan fingerprint density at radius 2 is 1.96 bits per heavy atom. The van der Waals surface area contributed by atoms with Gasteiger partial charge >= 0.3 is 6.09 Å². The normalized spacial score (nSPS) is 18.2. The van der Waals surface area contributed by atoms with E-state index in [9.17, 15) is 4.79 Å². The van der Waals surface area contributed by atoms with E-state index in [4.69, 9.17) is 10.5 Å². The molecule has 1 fully saturated rings. The molecule has 1 aliphatic rings. The van der Waals surface area contributed by atoms with Crippen LogP contribution < -0.4 is 11.1 Å². The number of hydrogen-bond donors (Lipinski definition) is 2. The first kappa shape index (κ1) is 17.3. The number of nitrogen functional groups attached to an aromatic ring is 1. The molecule has 0 unspecified atom stereocenters. The molecule has 7 heteroatoms. The molecule has 2 aromatic rings. The number of anilines is 2. The smallest absolute Gasteiger partial charge is 0.410 e. The second-order valence-electron chi connectivity index (χ2n) is 7.36. The number of benzene rings is 1. The molecule has 0 bridgehead atoms. The standard InChI is InChI=1S/C18H25N5O2/c1-18(2,3)25-17(24)23-10-6-7-12(11-23)20-16-15(19)21-13-8-4-5-9-14(13)22-16/h4-5,8-9,12H,6-7,10-11H2,1-3H3,(H2,19,21)(H,20,22)/t12-/m0/s1.